The molecule has 0 bridgehead atoms. The van der Waals surface area contributed by atoms with Crippen LogP contribution in [-0.4, -0.2) is 35.6 Å². The van der Waals surface area contributed by atoms with Gasteiger partial charge >= 0.3 is 0 Å². The average Bonchev–Trinajstić information content (AvgIpc) is 3.34. The number of hydrogen-bond acceptors (Lipinski definition) is 2. The van der Waals surface area contributed by atoms with Gasteiger partial charge in [-0.05, 0) is 44.4 Å². The Labute approximate surface area is 132 Å². The Morgan fingerprint density at radius 2 is 1.76 bits per heavy atom. The maximum atomic E-state index is 4.04. The summed E-state index contributed by atoms with van der Waals surface area (Å²) in [7, 11) is 0. The number of hydrogen-bond donors (Lipinski definition) is 1. The molecular weight excluding hydrogens is 256 g/mol. The molecule has 2 saturated carbocycles. The number of nitrogens with zero attached hydrogens (tertiary/aromatic N) is 1. The summed E-state index contributed by atoms with van der Waals surface area (Å²) >= 11 is 0. The van der Waals surface area contributed by atoms with Crippen LogP contribution in [0, 0.1) is 11.8 Å². The van der Waals surface area contributed by atoms with Crippen LogP contribution >= 0.6 is 0 Å². The first-order valence-electron chi connectivity index (χ1n) is 9.62. The van der Waals surface area contributed by atoms with Crippen molar-refractivity contribution in [3.05, 3.63) is 0 Å². The Morgan fingerprint density at radius 1 is 1.10 bits per heavy atom. The van der Waals surface area contributed by atoms with Gasteiger partial charge in [-0.1, -0.05) is 46.0 Å². The minimum Gasteiger partial charge on any atom is -0.308 e. The maximum absolute atomic E-state index is 4.04. The molecule has 1 spiro atoms. The largest absolute Gasteiger partial charge is 0.308 e. The predicted octanol–water partition coefficient (Wildman–Crippen LogP) is 4.20. The second kappa shape index (κ2) is 6.20. The lowest BCUT2D eigenvalue weighted by molar-refractivity contribution is -0.0218. The molecule has 1 heterocycles. The van der Waals surface area contributed by atoms with Crippen LogP contribution < -0.4 is 5.32 Å². The molecule has 2 heteroatoms. The van der Waals surface area contributed by atoms with Gasteiger partial charge in [0.25, 0.3) is 0 Å². The second-order valence-electron chi connectivity index (χ2n) is 8.39. The third kappa shape index (κ3) is 3.17. The van der Waals surface area contributed by atoms with Crippen LogP contribution in [0.25, 0.3) is 0 Å². The van der Waals surface area contributed by atoms with Gasteiger partial charge in [0.2, 0.25) is 0 Å². The van der Waals surface area contributed by atoms with E-state index in [0.29, 0.717) is 11.1 Å². The molecule has 1 aliphatic heterocycles. The highest BCUT2D eigenvalue weighted by atomic mass is 15.3. The summed E-state index contributed by atoms with van der Waals surface area (Å²) in [6, 6.07) is 0. The lowest BCUT2D eigenvalue weighted by Crippen LogP contribution is -2.70. The Kier molecular flexibility index (Phi) is 4.66. The zero-order valence-corrected chi connectivity index (χ0v) is 14.6. The van der Waals surface area contributed by atoms with Gasteiger partial charge in [0.1, 0.15) is 0 Å². The molecule has 0 aromatic heterocycles. The Bertz CT molecular complexity index is 339. The lowest BCUT2D eigenvalue weighted by atomic mass is 9.76. The summed E-state index contributed by atoms with van der Waals surface area (Å²) in [5.74, 6) is 1.85. The van der Waals surface area contributed by atoms with Gasteiger partial charge in [-0.3, -0.25) is 4.90 Å². The van der Waals surface area contributed by atoms with Crippen molar-refractivity contribution < 1.29 is 0 Å². The Morgan fingerprint density at radius 3 is 2.33 bits per heavy atom. The van der Waals surface area contributed by atoms with Gasteiger partial charge in [0.05, 0.1) is 0 Å². The van der Waals surface area contributed by atoms with E-state index in [2.05, 4.69) is 31.0 Å². The maximum Gasteiger partial charge on any atom is 0.0335 e. The molecule has 0 amide bonds. The summed E-state index contributed by atoms with van der Waals surface area (Å²) in [6.45, 7) is 11.2. The van der Waals surface area contributed by atoms with Crippen molar-refractivity contribution >= 4 is 0 Å². The molecule has 2 aliphatic carbocycles. The van der Waals surface area contributed by atoms with Gasteiger partial charge in [-0.2, -0.15) is 0 Å². The number of nitrogens with one attached hydrogen (secondary N) is 1. The van der Waals surface area contributed by atoms with Gasteiger partial charge in [0, 0.05) is 30.7 Å². The minimum absolute atomic E-state index is 0.436. The van der Waals surface area contributed by atoms with Crippen LogP contribution in [0.4, 0.5) is 0 Å². The fraction of sp³-hybridized carbons (Fsp3) is 1.00. The Balaban J connectivity index is 1.74. The predicted molar refractivity (Wildman–Crippen MR) is 90.6 cm³/mol. The van der Waals surface area contributed by atoms with E-state index in [9.17, 15) is 0 Å². The zero-order chi connectivity index (χ0) is 14.9. The van der Waals surface area contributed by atoms with E-state index in [1.54, 1.807) is 0 Å². The van der Waals surface area contributed by atoms with Crippen molar-refractivity contribution in [3.63, 3.8) is 0 Å². The van der Waals surface area contributed by atoms with E-state index < -0.39 is 0 Å². The molecule has 1 atom stereocenters. The van der Waals surface area contributed by atoms with Gasteiger partial charge in [-0.25, -0.2) is 0 Å². The summed E-state index contributed by atoms with van der Waals surface area (Å²) < 4.78 is 0. The summed E-state index contributed by atoms with van der Waals surface area (Å²) in [6.07, 6.45) is 12.8. The molecule has 21 heavy (non-hydrogen) atoms. The van der Waals surface area contributed by atoms with E-state index >= 15 is 0 Å². The van der Waals surface area contributed by atoms with Crippen molar-refractivity contribution in [1.29, 1.82) is 0 Å². The van der Waals surface area contributed by atoms with E-state index in [4.69, 9.17) is 0 Å². The quantitative estimate of drug-likeness (QED) is 0.817. The molecule has 3 aliphatic rings. The molecule has 3 rings (SSSR count). The van der Waals surface area contributed by atoms with Crippen LogP contribution in [-0.2, 0) is 0 Å². The summed E-state index contributed by atoms with van der Waals surface area (Å²) in [4.78, 5) is 2.93. The molecule has 1 unspecified atom stereocenters. The minimum atomic E-state index is 0.436. The fourth-order valence-electron chi connectivity index (χ4n) is 4.88. The highest BCUT2D eigenvalue weighted by molar-refractivity contribution is 5.09. The zero-order valence-electron chi connectivity index (χ0n) is 14.6. The fourth-order valence-corrected chi connectivity index (χ4v) is 4.88. The molecule has 1 N–H and O–H groups in total. The van der Waals surface area contributed by atoms with Crippen molar-refractivity contribution in [2.75, 3.05) is 19.6 Å². The Hall–Kier alpha value is -0.0800. The molecule has 0 radical (unpaired) electrons. The first kappa shape index (κ1) is 15.8. The van der Waals surface area contributed by atoms with E-state index in [-0.39, 0.29) is 0 Å². The summed E-state index contributed by atoms with van der Waals surface area (Å²) in [5, 5.41) is 4.04. The van der Waals surface area contributed by atoms with Crippen LogP contribution in [0.2, 0.25) is 0 Å². The molecule has 0 aromatic carbocycles. The SMILES string of the molecule is CCC(CC)CN1CC2(CCCCC2)NCC1(C)C1CC1. The first-order chi connectivity index (χ1) is 10.1. The van der Waals surface area contributed by atoms with Crippen LogP contribution in [0.3, 0.4) is 0 Å². The topological polar surface area (TPSA) is 15.3 Å². The van der Waals surface area contributed by atoms with Crippen molar-refractivity contribution in [3.8, 4) is 0 Å². The third-order valence-corrected chi connectivity index (χ3v) is 6.94. The normalized spacial score (nSPS) is 33.7. The molecule has 0 aromatic rings. The first-order valence-corrected chi connectivity index (χ1v) is 9.62. The highest BCUT2D eigenvalue weighted by Gasteiger charge is 2.51. The highest BCUT2D eigenvalue weighted by Crippen LogP contribution is 2.46. The monoisotopic (exact) mass is 292 g/mol. The van der Waals surface area contributed by atoms with E-state index in [1.807, 2.05) is 0 Å². The van der Waals surface area contributed by atoms with E-state index in [1.165, 1.54) is 77.4 Å². The van der Waals surface area contributed by atoms with Gasteiger partial charge in [-0.15, -0.1) is 0 Å². The number of rotatable bonds is 5. The van der Waals surface area contributed by atoms with Crippen molar-refractivity contribution in [2.45, 2.75) is 89.6 Å². The van der Waals surface area contributed by atoms with Crippen LogP contribution in [0.5, 0.6) is 0 Å². The molecule has 122 valence electrons. The van der Waals surface area contributed by atoms with Crippen molar-refractivity contribution in [2.24, 2.45) is 11.8 Å². The molecule has 3 fully saturated rings. The van der Waals surface area contributed by atoms with Gasteiger partial charge in [0.15, 0.2) is 0 Å². The summed E-state index contributed by atoms with van der Waals surface area (Å²) in [5.41, 5.74) is 0.893. The van der Waals surface area contributed by atoms with Gasteiger partial charge < -0.3 is 5.32 Å². The smallest absolute Gasteiger partial charge is 0.0335 e. The average molecular weight is 293 g/mol. The molecule has 2 nitrogen and oxygen atoms in total. The van der Waals surface area contributed by atoms with Crippen molar-refractivity contribution in [1.82, 2.24) is 10.2 Å². The van der Waals surface area contributed by atoms with Crippen LogP contribution in [0.1, 0.15) is 78.6 Å². The molecular formula is C19H36N2. The molecule has 1 saturated heterocycles. The van der Waals surface area contributed by atoms with Crippen LogP contribution in [0.15, 0.2) is 0 Å². The lowest BCUT2D eigenvalue weighted by Gasteiger charge is -2.56. The second-order valence-corrected chi connectivity index (χ2v) is 8.39. The van der Waals surface area contributed by atoms with E-state index in [0.717, 1.165) is 11.8 Å². The number of piperazine rings is 1. The standard InChI is InChI=1S/C19H36N2/c1-4-16(5-2)13-21-15-19(11-7-6-8-12-19)20-14-18(21,3)17-9-10-17/h16-17,20H,4-15H2,1-3H3. The third-order valence-electron chi connectivity index (χ3n) is 6.94.